The maximum absolute atomic E-state index is 12.7. The van der Waals surface area contributed by atoms with Crippen molar-refractivity contribution < 1.29 is 14.3 Å². The van der Waals surface area contributed by atoms with Crippen molar-refractivity contribution >= 4 is 11.8 Å². The minimum Gasteiger partial charge on any atom is -0.497 e. The molecule has 2 saturated heterocycles. The van der Waals surface area contributed by atoms with Crippen LogP contribution in [0, 0.1) is 11.8 Å². The monoisotopic (exact) mass is 340 g/mol. The highest BCUT2D eigenvalue weighted by molar-refractivity contribution is 6.05. The average molecular weight is 340 g/mol. The van der Waals surface area contributed by atoms with E-state index < -0.39 is 0 Å². The smallest absolute Gasteiger partial charge is 0.234 e. The lowest BCUT2D eigenvalue weighted by Gasteiger charge is -2.29. The molecule has 5 heteroatoms. The highest BCUT2D eigenvalue weighted by atomic mass is 16.5. The van der Waals surface area contributed by atoms with Gasteiger partial charge in [0.15, 0.2) is 0 Å². The van der Waals surface area contributed by atoms with Crippen LogP contribution in [-0.4, -0.2) is 41.9 Å². The van der Waals surface area contributed by atoms with E-state index in [0.717, 1.165) is 25.1 Å². The Morgan fingerprint density at radius 3 is 2.28 bits per heavy atom. The Morgan fingerprint density at radius 1 is 1.04 bits per heavy atom. The van der Waals surface area contributed by atoms with E-state index >= 15 is 0 Å². The van der Waals surface area contributed by atoms with E-state index in [0.29, 0.717) is 19.5 Å². The van der Waals surface area contributed by atoms with Gasteiger partial charge in [0, 0.05) is 12.6 Å². The van der Waals surface area contributed by atoms with Gasteiger partial charge >= 0.3 is 0 Å². The molecule has 1 aromatic rings. The number of benzene rings is 1. The fraction of sp³-hybridized carbons (Fsp3) is 0.500. The Labute approximate surface area is 148 Å². The summed E-state index contributed by atoms with van der Waals surface area (Å²) >= 11 is 0. The van der Waals surface area contributed by atoms with Gasteiger partial charge in [-0.25, -0.2) is 0 Å². The van der Waals surface area contributed by atoms with Crippen LogP contribution in [0.1, 0.15) is 37.3 Å². The van der Waals surface area contributed by atoms with Crippen LogP contribution >= 0.6 is 0 Å². The summed E-state index contributed by atoms with van der Waals surface area (Å²) in [4.78, 5) is 29.2. The number of fused-ring (bicyclic) bond motifs is 1. The number of rotatable bonds is 4. The number of carbonyl (C=O) groups is 2. The van der Waals surface area contributed by atoms with Crippen molar-refractivity contribution in [3.63, 3.8) is 0 Å². The van der Waals surface area contributed by atoms with E-state index in [-0.39, 0.29) is 29.7 Å². The van der Waals surface area contributed by atoms with Crippen LogP contribution in [0.5, 0.6) is 5.75 Å². The fourth-order valence-corrected chi connectivity index (χ4v) is 4.39. The Bertz CT molecular complexity index is 671. The summed E-state index contributed by atoms with van der Waals surface area (Å²) in [5, 5.41) is 0. The van der Waals surface area contributed by atoms with Gasteiger partial charge in [-0.2, -0.15) is 0 Å². The number of hydrogen-bond donors (Lipinski definition) is 0. The predicted molar refractivity (Wildman–Crippen MR) is 93.7 cm³/mol. The molecule has 0 saturated carbocycles. The Hall–Kier alpha value is -2.14. The minimum atomic E-state index is -0.139. The van der Waals surface area contributed by atoms with Crippen molar-refractivity contribution in [1.82, 2.24) is 9.80 Å². The molecule has 4 rings (SSSR count). The van der Waals surface area contributed by atoms with Gasteiger partial charge in [-0.1, -0.05) is 24.3 Å². The number of hydrogen-bond acceptors (Lipinski definition) is 4. The molecule has 2 amide bonds. The molecule has 2 fully saturated rings. The van der Waals surface area contributed by atoms with Crippen molar-refractivity contribution in [2.24, 2.45) is 11.8 Å². The molecule has 2 heterocycles. The third-order valence-electron chi connectivity index (χ3n) is 5.79. The van der Waals surface area contributed by atoms with Crippen molar-refractivity contribution in [3.05, 3.63) is 42.0 Å². The van der Waals surface area contributed by atoms with Gasteiger partial charge in [0.25, 0.3) is 0 Å². The largest absolute Gasteiger partial charge is 0.497 e. The van der Waals surface area contributed by atoms with Crippen LogP contribution in [-0.2, 0) is 9.59 Å². The number of methoxy groups -OCH3 is 1. The summed E-state index contributed by atoms with van der Waals surface area (Å²) in [6, 6.07) is 8.36. The molecule has 3 aliphatic rings. The van der Waals surface area contributed by atoms with E-state index in [1.54, 1.807) is 7.11 Å². The summed E-state index contributed by atoms with van der Waals surface area (Å²) in [6.07, 6.45) is 7.61. The molecular formula is C20H24N2O3. The lowest BCUT2D eigenvalue weighted by molar-refractivity contribution is -0.142. The summed E-state index contributed by atoms with van der Waals surface area (Å²) in [6.45, 7) is 1.34. The standard InChI is InChI=1S/C20H24N2O3/c1-25-15-10-8-14(9-11-15)18-7-4-12-21(18)13-22-19(23)16-5-2-3-6-17(16)20(22)24/h2-3,8-11,16-18H,4-7,12-13H2,1H3/t16-,17-,18+/m1/s1. The first-order valence-electron chi connectivity index (χ1n) is 9.07. The first kappa shape index (κ1) is 16.3. The molecule has 25 heavy (non-hydrogen) atoms. The van der Waals surface area contributed by atoms with Gasteiger partial charge in [0.05, 0.1) is 25.6 Å². The van der Waals surface area contributed by atoms with Crippen LogP contribution in [0.25, 0.3) is 0 Å². The average Bonchev–Trinajstić information content (AvgIpc) is 3.21. The fourth-order valence-electron chi connectivity index (χ4n) is 4.39. The molecule has 0 N–H and O–H groups in total. The lowest BCUT2D eigenvalue weighted by atomic mass is 9.85. The van der Waals surface area contributed by atoms with Crippen LogP contribution in [0.2, 0.25) is 0 Å². The molecule has 0 radical (unpaired) electrons. The Kier molecular flexibility index (Phi) is 4.34. The molecule has 132 valence electrons. The third kappa shape index (κ3) is 2.86. The quantitative estimate of drug-likeness (QED) is 0.625. The zero-order chi connectivity index (χ0) is 17.4. The molecule has 5 nitrogen and oxygen atoms in total. The van der Waals surface area contributed by atoms with E-state index in [1.165, 1.54) is 10.5 Å². The zero-order valence-corrected chi connectivity index (χ0v) is 14.6. The topological polar surface area (TPSA) is 49.9 Å². The number of ether oxygens (including phenoxy) is 1. The molecule has 1 aromatic carbocycles. The molecular weight excluding hydrogens is 316 g/mol. The number of allylic oxidation sites excluding steroid dienone is 2. The zero-order valence-electron chi connectivity index (χ0n) is 14.6. The number of imide groups is 1. The van der Waals surface area contributed by atoms with Crippen molar-refractivity contribution in [3.8, 4) is 5.75 Å². The normalized spacial score (nSPS) is 29.3. The van der Waals surface area contributed by atoms with Gasteiger partial charge < -0.3 is 4.74 Å². The molecule has 0 spiro atoms. The van der Waals surface area contributed by atoms with Crippen molar-refractivity contribution in [2.75, 3.05) is 20.3 Å². The van der Waals surface area contributed by atoms with Crippen LogP contribution in [0.4, 0.5) is 0 Å². The highest BCUT2D eigenvalue weighted by Crippen LogP contribution is 2.38. The summed E-state index contributed by atoms with van der Waals surface area (Å²) < 4.78 is 5.23. The molecule has 1 aliphatic carbocycles. The third-order valence-corrected chi connectivity index (χ3v) is 5.79. The molecule has 0 bridgehead atoms. The van der Waals surface area contributed by atoms with E-state index in [1.807, 2.05) is 24.3 Å². The van der Waals surface area contributed by atoms with E-state index in [4.69, 9.17) is 4.74 Å². The van der Waals surface area contributed by atoms with Gasteiger partial charge in [0.2, 0.25) is 11.8 Å². The first-order valence-corrected chi connectivity index (χ1v) is 9.07. The summed E-state index contributed by atoms with van der Waals surface area (Å²) in [5.41, 5.74) is 1.22. The number of nitrogens with zero attached hydrogens (tertiary/aromatic N) is 2. The highest BCUT2D eigenvalue weighted by Gasteiger charge is 2.48. The van der Waals surface area contributed by atoms with E-state index in [2.05, 4.69) is 17.0 Å². The predicted octanol–water partition coefficient (Wildman–Crippen LogP) is 2.74. The van der Waals surface area contributed by atoms with E-state index in [9.17, 15) is 9.59 Å². The van der Waals surface area contributed by atoms with Crippen molar-refractivity contribution in [1.29, 1.82) is 0 Å². The second-order valence-electron chi connectivity index (χ2n) is 7.15. The van der Waals surface area contributed by atoms with Gasteiger partial charge in [0.1, 0.15) is 5.75 Å². The molecule has 0 unspecified atom stereocenters. The van der Waals surface area contributed by atoms with Gasteiger partial charge in [-0.15, -0.1) is 0 Å². The molecule has 2 aliphatic heterocycles. The van der Waals surface area contributed by atoms with Crippen LogP contribution < -0.4 is 4.74 Å². The van der Waals surface area contributed by atoms with Crippen LogP contribution in [0.3, 0.4) is 0 Å². The van der Waals surface area contributed by atoms with Gasteiger partial charge in [-0.05, 0) is 43.4 Å². The SMILES string of the molecule is COc1ccc([C@@H]2CCCN2CN2C(=O)[C@@H]3CC=CC[C@H]3C2=O)cc1. The summed E-state index contributed by atoms with van der Waals surface area (Å²) in [7, 11) is 1.66. The second-order valence-corrected chi connectivity index (χ2v) is 7.15. The lowest BCUT2D eigenvalue weighted by Crippen LogP contribution is -2.41. The summed E-state index contributed by atoms with van der Waals surface area (Å²) in [5.74, 6) is 0.591. The number of likely N-dealkylation sites (tertiary alicyclic amines) is 2. The minimum absolute atomic E-state index is 0.0136. The van der Waals surface area contributed by atoms with Gasteiger partial charge in [-0.3, -0.25) is 19.4 Å². The number of carbonyl (C=O) groups excluding carboxylic acids is 2. The first-order chi connectivity index (χ1) is 12.2. The maximum atomic E-state index is 12.7. The maximum Gasteiger partial charge on any atom is 0.234 e. The number of amides is 2. The van der Waals surface area contributed by atoms with Crippen LogP contribution in [0.15, 0.2) is 36.4 Å². The van der Waals surface area contributed by atoms with Crippen molar-refractivity contribution in [2.45, 2.75) is 31.7 Å². The molecule has 0 aromatic heterocycles. The second kappa shape index (κ2) is 6.64. The Balaban J connectivity index is 1.49. The molecule has 3 atom stereocenters. The Morgan fingerprint density at radius 2 is 1.68 bits per heavy atom.